The Kier molecular flexibility index (Phi) is 5.64. The van der Waals surface area contributed by atoms with Crippen molar-refractivity contribution in [2.45, 2.75) is 48.8 Å². The van der Waals surface area contributed by atoms with E-state index in [0.29, 0.717) is 28.8 Å². The Hall–Kier alpha value is -2.32. The summed E-state index contributed by atoms with van der Waals surface area (Å²) in [7, 11) is 0. The summed E-state index contributed by atoms with van der Waals surface area (Å²) in [6.07, 6.45) is -3.06. The molecule has 8 heteroatoms. The van der Waals surface area contributed by atoms with Crippen molar-refractivity contribution in [2.24, 2.45) is 0 Å². The van der Waals surface area contributed by atoms with Crippen molar-refractivity contribution >= 4 is 28.4 Å². The van der Waals surface area contributed by atoms with Gasteiger partial charge in [-0.25, -0.2) is 9.97 Å². The van der Waals surface area contributed by atoms with Gasteiger partial charge in [-0.1, -0.05) is 31.2 Å². The number of aryl methyl sites for hydroxylation is 1. The molecule has 2 atom stereocenters. The number of fused-ring (bicyclic) bond motifs is 2. The van der Waals surface area contributed by atoms with Crippen molar-refractivity contribution in [3.63, 3.8) is 0 Å². The Labute approximate surface area is 183 Å². The quantitative estimate of drug-likeness (QED) is 0.542. The van der Waals surface area contributed by atoms with Crippen LogP contribution in [0.25, 0.3) is 10.9 Å². The number of aliphatic hydroxyl groups is 1. The number of hydrogen-bond donors (Lipinski definition) is 2. The number of alkyl halides is 3. The summed E-state index contributed by atoms with van der Waals surface area (Å²) in [6, 6.07) is 12.7. The summed E-state index contributed by atoms with van der Waals surface area (Å²) in [6.45, 7) is 2.91. The van der Waals surface area contributed by atoms with Crippen molar-refractivity contribution in [2.75, 3.05) is 17.6 Å². The van der Waals surface area contributed by atoms with Crippen LogP contribution in [0.15, 0.2) is 53.6 Å². The highest BCUT2D eigenvalue weighted by atomic mass is 32.2. The number of anilines is 1. The third kappa shape index (κ3) is 4.23. The Morgan fingerprint density at radius 1 is 1.16 bits per heavy atom. The molecule has 0 saturated heterocycles. The van der Waals surface area contributed by atoms with Crippen molar-refractivity contribution in [1.82, 2.24) is 9.97 Å². The van der Waals surface area contributed by atoms with Crippen LogP contribution >= 0.6 is 11.8 Å². The maximum Gasteiger partial charge on any atom is 0.418 e. The fourth-order valence-corrected chi connectivity index (χ4v) is 5.66. The van der Waals surface area contributed by atoms with Crippen LogP contribution in [0.5, 0.6) is 0 Å². The molecule has 1 aliphatic rings. The first-order chi connectivity index (χ1) is 14.6. The van der Waals surface area contributed by atoms with Gasteiger partial charge in [-0.05, 0) is 54.7 Å². The van der Waals surface area contributed by atoms with Crippen molar-refractivity contribution in [3.05, 3.63) is 60.0 Å². The number of halogens is 3. The first-order valence-corrected chi connectivity index (χ1v) is 11.1. The number of rotatable bonds is 5. The molecule has 0 radical (unpaired) electrons. The molecule has 3 aromatic rings. The van der Waals surface area contributed by atoms with Gasteiger partial charge in [0.2, 0.25) is 0 Å². The van der Waals surface area contributed by atoms with E-state index in [9.17, 15) is 18.3 Å². The molecule has 2 aromatic carbocycles. The van der Waals surface area contributed by atoms with Crippen LogP contribution < -0.4 is 5.32 Å². The van der Waals surface area contributed by atoms with E-state index in [2.05, 4.69) is 15.3 Å². The standard InChI is InChI=1S/C23H24F3N3OS/c1-15-27-12-16-18(7-5-8-19(16)29-15)28-14-22(30,23(24,25)26)13-21(2)10-11-31-20-9-4-3-6-17(20)21/h3-9,12,28,30H,10-11,13-14H2,1-2H3. The highest BCUT2D eigenvalue weighted by Crippen LogP contribution is 2.48. The number of hydrogen-bond acceptors (Lipinski definition) is 5. The molecule has 0 spiro atoms. The Morgan fingerprint density at radius 3 is 2.71 bits per heavy atom. The molecule has 4 nitrogen and oxygen atoms in total. The minimum atomic E-state index is -4.79. The molecule has 0 aliphatic carbocycles. The van der Waals surface area contributed by atoms with Gasteiger partial charge >= 0.3 is 6.18 Å². The second-order valence-electron chi connectivity index (χ2n) is 8.37. The van der Waals surface area contributed by atoms with E-state index >= 15 is 0 Å². The molecule has 31 heavy (non-hydrogen) atoms. The molecule has 164 valence electrons. The highest BCUT2D eigenvalue weighted by Gasteiger charge is 2.57. The van der Waals surface area contributed by atoms with Crippen LogP contribution in [0, 0.1) is 6.92 Å². The lowest BCUT2D eigenvalue weighted by atomic mass is 9.71. The Bertz CT molecular complexity index is 1110. The van der Waals surface area contributed by atoms with E-state index in [1.165, 1.54) is 0 Å². The van der Waals surface area contributed by atoms with E-state index in [-0.39, 0.29) is 0 Å². The van der Waals surface area contributed by atoms with Gasteiger partial charge in [-0.15, -0.1) is 11.8 Å². The second-order valence-corrected chi connectivity index (χ2v) is 9.51. The fraction of sp³-hybridized carbons (Fsp3) is 0.391. The van der Waals surface area contributed by atoms with Crippen LogP contribution in [0.3, 0.4) is 0 Å². The molecule has 1 aromatic heterocycles. The average molecular weight is 448 g/mol. The van der Waals surface area contributed by atoms with Crippen LogP contribution in [0.1, 0.15) is 31.2 Å². The molecule has 0 saturated carbocycles. The Morgan fingerprint density at radius 2 is 1.94 bits per heavy atom. The topological polar surface area (TPSA) is 58.0 Å². The van der Waals surface area contributed by atoms with E-state index < -0.39 is 30.2 Å². The number of nitrogens with one attached hydrogen (secondary N) is 1. The molecule has 0 amide bonds. The van der Waals surface area contributed by atoms with Crippen LogP contribution in [-0.2, 0) is 5.41 Å². The van der Waals surface area contributed by atoms with E-state index in [0.717, 1.165) is 16.2 Å². The van der Waals surface area contributed by atoms with Gasteiger partial charge < -0.3 is 10.4 Å². The first-order valence-electron chi connectivity index (χ1n) is 10.1. The minimum Gasteiger partial charge on any atom is -0.381 e. The first kappa shape index (κ1) is 21.9. The van der Waals surface area contributed by atoms with Crippen LogP contribution in [0.2, 0.25) is 0 Å². The van der Waals surface area contributed by atoms with Crippen molar-refractivity contribution in [1.29, 1.82) is 0 Å². The molecule has 4 rings (SSSR count). The van der Waals surface area contributed by atoms with Gasteiger partial charge in [-0.2, -0.15) is 13.2 Å². The maximum absolute atomic E-state index is 14.2. The van der Waals surface area contributed by atoms with Crippen LogP contribution in [0.4, 0.5) is 18.9 Å². The zero-order chi connectivity index (χ0) is 22.3. The summed E-state index contributed by atoms with van der Waals surface area (Å²) < 4.78 is 42.5. The third-order valence-corrected chi connectivity index (χ3v) is 7.05. The van der Waals surface area contributed by atoms with Gasteiger partial charge in [0.25, 0.3) is 0 Å². The van der Waals surface area contributed by atoms with Crippen molar-refractivity contribution < 1.29 is 18.3 Å². The summed E-state index contributed by atoms with van der Waals surface area (Å²) in [4.78, 5) is 9.46. The molecular weight excluding hydrogens is 423 g/mol. The number of nitrogens with zero attached hydrogens (tertiary/aromatic N) is 2. The van der Waals surface area contributed by atoms with Crippen molar-refractivity contribution in [3.8, 4) is 0 Å². The van der Waals surface area contributed by atoms with Gasteiger partial charge in [0.1, 0.15) is 5.82 Å². The molecule has 2 N–H and O–H groups in total. The lowest BCUT2D eigenvalue weighted by Gasteiger charge is -2.42. The zero-order valence-electron chi connectivity index (χ0n) is 17.3. The Balaban J connectivity index is 1.64. The largest absolute Gasteiger partial charge is 0.418 e. The normalized spacial score (nSPS) is 20.8. The molecule has 2 heterocycles. The minimum absolute atomic E-state index is 0.422. The van der Waals surface area contributed by atoms with Gasteiger partial charge in [-0.3, -0.25) is 0 Å². The highest BCUT2D eigenvalue weighted by molar-refractivity contribution is 7.99. The number of benzene rings is 2. The van der Waals surface area contributed by atoms with Gasteiger partial charge in [0, 0.05) is 22.2 Å². The van der Waals surface area contributed by atoms with Gasteiger partial charge in [0.05, 0.1) is 12.1 Å². The molecular formula is C23H24F3N3OS. The monoisotopic (exact) mass is 447 g/mol. The average Bonchev–Trinajstić information content (AvgIpc) is 2.71. The summed E-state index contributed by atoms with van der Waals surface area (Å²) in [5, 5.41) is 14.4. The third-order valence-electron chi connectivity index (χ3n) is 5.98. The smallest absolute Gasteiger partial charge is 0.381 e. The summed E-state index contributed by atoms with van der Waals surface area (Å²) in [5.41, 5.74) is -1.72. The lowest BCUT2D eigenvalue weighted by molar-refractivity contribution is -0.261. The maximum atomic E-state index is 14.2. The molecule has 0 fully saturated rings. The van der Waals surface area contributed by atoms with Gasteiger partial charge in [0.15, 0.2) is 5.60 Å². The van der Waals surface area contributed by atoms with Crippen LogP contribution in [-0.4, -0.2) is 39.1 Å². The van der Waals surface area contributed by atoms with E-state index in [4.69, 9.17) is 0 Å². The predicted octanol–water partition coefficient (Wildman–Crippen LogP) is 5.49. The number of aromatic nitrogens is 2. The summed E-state index contributed by atoms with van der Waals surface area (Å²) in [5.74, 6) is 1.30. The zero-order valence-corrected chi connectivity index (χ0v) is 18.1. The lowest BCUT2D eigenvalue weighted by Crippen LogP contribution is -2.54. The SMILES string of the molecule is Cc1ncc2c(NCC(O)(CC3(C)CCSc4ccccc43)C(F)(F)F)cccc2n1. The van der Waals surface area contributed by atoms with E-state index in [1.807, 2.05) is 31.2 Å². The molecule has 2 unspecified atom stereocenters. The molecule has 0 bridgehead atoms. The summed E-state index contributed by atoms with van der Waals surface area (Å²) >= 11 is 1.64. The second kappa shape index (κ2) is 7.98. The van der Waals surface area contributed by atoms with E-state index in [1.54, 1.807) is 43.1 Å². The number of thioether (sulfide) groups is 1. The predicted molar refractivity (Wildman–Crippen MR) is 118 cm³/mol. The fourth-order valence-electron chi connectivity index (χ4n) is 4.25. The molecule has 1 aliphatic heterocycles.